The van der Waals surface area contributed by atoms with Crippen LogP contribution in [0.3, 0.4) is 0 Å². The molecule has 1 fully saturated rings. The number of rotatable bonds is 11. The second-order valence-corrected chi connectivity index (χ2v) is 7.34. The maximum absolute atomic E-state index is 12.8. The number of hydrogen-bond donors (Lipinski definition) is 5. The third-order valence-corrected chi connectivity index (χ3v) is 5.39. The normalized spacial score (nSPS) is 15.6. The van der Waals surface area contributed by atoms with Crippen molar-refractivity contribution in [2.45, 2.75) is 45.1 Å². The van der Waals surface area contributed by atoms with Gasteiger partial charge in [0.25, 0.3) is 0 Å². The molecular weight excluding hydrogens is 378 g/mol. The number of aliphatic hydroxyl groups excluding tert-OH is 1. The van der Waals surface area contributed by atoms with E-state index in [1.54, 1.807) is 24.3 Å². The van der Waals surface area contributed by atoms with Crippen LogP contribution in [0, 0.1) is 11.3 Å². The smallest absolute Gasteiger partial charge is 0.317 e. The number of ketones is 1. The van der Waals surface area contributed by atoms with Crippen molar-refractivity contribution in [3.8, 4) is 0 Å². The molecule has 29 heavy (non-hydrogen) atoms. The van der Waals surface area contributed by atoms with E-state index in [0.29, 0.717) is 43.4 Å². The average molecular weight is 405 g/mol. The highest BCUT2D eigenvalue weighted by molar-refractivity contribution is 6.06. The fraction of sp³-hybridized carbons (Fsp3) is 0.500. The van der Waals surface area contributed by atoms with Crippen LogP contribution < -0.4 is 16.4 Å². The Bertz CT molecular complexity index is 758. The predicted octanol–water partition coefficient (Wildman–Crippen LogP) is 1.40. The van der Waals surface area contributed by atoms with Gasteiger partial charge < -0.3 is 26.6 Å². The lowest BCUT2D eigenvalue weighted by molar-refractivity contribution is -0.161. The van der Waals surface area contributed by atoms with Crippen molar-refractivity contribution in [3.05, 3.63) is 29.8 Å². The monoisotopic (exact) mass is 405 g/mol. The van der Waals surface area contributed by atoms with Crippen LogP contribution in [0.2, 0.25) is 0 Å². The quantitative estimate of drug-likeness (QED) is 0.276. The van der Waals surface area contributed by atoms with Crippen molar-refractivity contribution in [2.24, 2.45) is 17.1 Å². The van der Waals surface area contributed by atoms with E-state index in [-0.39, 0.29) is 19.6 Å². The Kier molecular flexibility index (Phi) is 7.72. The highest BCUT2D eigenvalue weighted by atomic mass is 16.4. The van der Waals surface area contributed by atoms with E-state index < -0.39 is 35.0 Å². The summed E-state index contributed by atoms with van der Waals surface area (Å²) in [6.07, 6.45) is 1.79. The van der Waals surface area contributed by atoms with Gasteiger partial charge in [0.15, 0.2) is 5.78 Å². The van der Waals surface area contributed by atoms with Gasteiger partial charge in [-0.15, -0.1) is 0 Å². The van der Waals surface area contributed by atoms with Gasteiger partial charge in [-0.05, 0) is 43.4 Å². The molecule has 1 saturated carbocycles. The maximum Gasteiger partial charge on any atom is 0.317 e. The van der Waals surface area contributed by atoms with E-state index in [0.717, 1.165) is 0 Å². The van der Waals surface area contributed by atoms with Crippen LogP contribution in [0.4, 0.5) is 10.5 Å². The number of amides is 3. The van der Waals surface area contributed by atoms with Gasteiger partial charge in [0.2, 0.25) is 5.91 Å². The Labute approximate surface area is 168 Å². The first-order valence-corrected chi connectivity index (χ1v) is 9.59. The van der Waals surface area contributed by atoms with Crippen LogP contribution in [-0.4, -0.2) is 40.4 Å². The minimum Gasteiger partial charge on any atom is -0.480 e. The number of urea groups is 1. The van der Waals surface area contributed by atoms with Gasteiger partial charge in [-0.25, -0.2) is 4.79 Å². The molecule has 1 aromatic carbocycles. The molecular formula is C20H27N3O6. The summed E-state index contributed by atoms with van der Waals surface area (Å²) in [4.78, 5) is 47.8. The SMILES string of the molecule is NC(=O)NCCC[C@H](CC(=O)C1(C(=O)O)CCC1)C(=O)Nc1ccc(CO)cc1. The lowest BCUT2D eigenvalue weighted by Crippen LogP contribution is -2.46. The highest BCUT2D eigenvalue weighted by Crippen LogP contribution is 2.43. The first-order valence-electron chi connectivity index (χ1n) is 9.59. The number of nitrogens with two attached hydrogens (primary N) is 1. The summed E-state index contributed by atoms with van der Waals surface area (Å²) in [7, 11) is 0. The van der Waals surface area contributed by atoms with E-state index >= 15 is 0 Å². The molecule has 9 heteroatoms. The topological polar surface area (TPSA) is 159 Å². The van der Waals surface area contributed by atoms with Crippen molar-refractivity contribution in [1.29, 1.82) is 0 Å². The Morgan fingerprint density at radius 3 is 2.28 bits per heavy atom. The molecule has 1 aliphatic carbocycles. The van der Waals surface area contributed by atoms with Crippen molar-refractivity contribution in [1.82, 2.24) is 5.32 Å². The molecule has 1 aliphatic rings. The molecule has 1 aromatic rings. The molecule has 3 amide bonds. The first kappa shape index (κ1) is 22.4. The zero-order chi connectivity index (χ0) is 21.4. The van der Waals surface area contributed by atoms with Crippen LogP contribution in [0.15, 0.2) is 24.3 Å². The molecule has 0 spiro atoms. The lowest BCUT2D eigenvalue weighted by Gasteiger charge is -2.36. The summed E-state index contributed by atoms with van der Waals surface area (Å²) < 4.78 is 0. The summed E-state index contributed by atoms with van der Waals surface area (Å²) in [5.74, 6) is -2.70. The number of anilines is 1. The second kappa shape index (κ2) is 10.0. The van der Waals surface area contributed by atoms with E-state index in [9.17, 15) is 24.3 Å². The highest BCUT2D eigenvalue weighted by Gasteiger charge is 2.51. The number of carbonyl (C=O) groups excluding carboxylic acids is 3. The van der Waals surface area contributed by atoms with E-state index in [1.807, 2.05) is 0 Å². The molecule has 0 radical (unpaired) electrons. The van der Waals surface area contributed by atoms with E-state index in [1.165, 1.54) is 0 Å². The molecule has 2 rings (SSSR count). The molecule has 0 unspecified atom stereocenters. The summed E-state index contributed by atoms with van der Waals surface area (Å²) in [5, 5.41) is 23.7. The molecule has 0 aromatic heterocycles. The largest absolute Gasteiger partial charge is 0.480 e. The lowest BCUT2D eigenvalue weighted by atomic mass is 9.64. The Hall–Kier alpha value is -2.94. The number of carbonyl (C=O) groups is 4. The number of Topliss-reactive ketones (excluding diaryl/α,β-unsaturated/α-hetero) is 1. The van der Waals surface area contributed by atoms with Crippen molar-refractivity contribution < 1.29 is 29.4 Å². The van der Waals surface area contributed by atoms with Gasteiger partial charge in [-0.1, -0.05) is 18.6 Å². The number of aliphatic hydroxyl groups is 1. The van der Waals surface area contributed by atoms with Crippen LogP contribution in [0.5, 0.6) is 0 Å². The third-order valence-electron chi connectivity index (χ3n) is 5.39. The van der Waals surface area contributed by atoms with Gasteiger partial charge in [0.05, 0.1) is 6.61 Å². The van der Waals surface area contributed by atoms with Gasteiger partial charge in [-0.2, -0.15) is 0 Å². The fourth-order valence-electron chi connectivity index (χ4n) is 3.39. The van der Waals surface area contributed by atoms with Gasteiger partial charge in [0, 0.05) is 24.6 Å². The minimum absolute atomic E-state index is 0.116. The van der Waals surface area contributed by atoms with Crippen LogP contribution in [0.1, 0.15) is 44.1 Å². The minimum atomic E-state index is -1.38. The fourth-order valence-corrected chi connectivity index (χ4v) is 3.39. The summed E-state index contributed by atoms with van der Waals surface area (Å²) in [5.41, 5.74) is 4.85. The van der Waals surface area contributed by atoms with Gasteiger partial charge in [0.1, 0.15) is 5.41 Å². The summed E-state index contributed by atoms with van der Waals surface area (Å²) in [6, 6.07) is 5.94. The number of carboxylic acids is 1. The number of hydrogen-bond acceptors (Lipinski definition) is 5. The van der Waals surface area contributed by atoms with Crippen LogP contribution >= 0.6 is 0 Å². The molecule has 9 nitrogen and oxygen atoms in total. The van der Waals surface area contributed by atoms with Crippen molar-refractivity contribution >= 4 is 29.4 Å². The zero-order valence-corrected chi connectivity index (χ0v) is 16.1. The number of primary amides is 1. The molecule has 0 saturated heterocycles. The Morgan fingerprint density at radius 2 is 1.79 bits per heavy atom. The van der Waals surface area contributed by atoms with Gasteiger partial charge >= 0.3 is 12.0 Å². The molecule has 6 N–H and O–H groups in total. The molecule has 0 heterocycles. The third kappa shape index (κ3) is 5.77. The van der Waals surface area contributed by atoms with E-state index in [4.69, 9.17) is 10.8 Å². The zero-order valence-electron chi connectivity index (χ0n) is 16.1. The maximum atomic E-state index is 12.8. The van der Waals surface area contributed by atoms with Crippen molar-refractivity contribution in [2.75, 3.05) is 11.9 Å². The summed E-state index contributed by atoms with van der Waals surface area (Å²) in [6.45, 7) is 0.137. The number of nitrogens with one attached hydrogen (secondary N) is 2. The first-order chi connectivity index (χ1) is 13.8. The molecule has 158 valence electrons. The van der Waals surface area contributed by atoms with Crippen LogP contribution in [0.25, 0.3) is 0 Å². The Morgan fingerprint density at radius 1 is 1.14 bits per heavy atom. The summed E-state index contributed by atoms with van der Waals surface area (Å²) >= 11 is 0. The predicted molar refractivity (Wildman–Crippen MR) is 105 cm³/mol. The second-order valence-electron chi connectivity index (χ2n) is 7.34. The standard InChI is InChI=1S/C20H27N3O6/c21-19(29)22-10-1-3-14(11-16(25)20(18(27)28)8-2-9-20)17(26)23-15-6-4-13(12-24)5-7-15/h4-7,14,24H,1-3,8-12H2,(H,23,26)(H,27,28)(H3,21,22,29)/t14-/m1/s1. The Balaban J connectivity index is 2.06. The molecule has 0 bridgehead atoms. The molecule has 1 atom stereocenters. The van der Waals surface area contributed by atoms with Crippen LogP contribution in [-0.2, 0) is 21.0 Å². The average Bonchev–Trinajstić information content (AvgIpc) is 2.63. The van der Waals surface area contributed by atoms with Crippen molar-refractivity contribution in [3.63, 3.8) is 0 Å². The van der Waals surface area contributed by atoms with Gasteiger partial charge in [-0.3, -0.25) is 14.4 Å². The van der Waals surface area contributed by atoms with E-state index in [2.05, 4.69) is 10.6 Å². The number of carboxylic acid groups (broad SMARTS) is 1. The number of aliphatic carboxylic acids is 1. The number of benzene rings is 1. The molecule has 0 aliphatic heterocycles.